The van der Waals surface area contributed by atoms with Gasteiger partial charge in [-0.1, -0.05) is 12.1 Å². The zero-order valence-corrected chi connectivity index (χ0v) is 11.1. The number of amides is 2. The molecular formula is C15H14N2O4. The van der Waals surface area contributed by atoms with Crippen LogP contribution in [0.4, 0.5) is 0 Å². The summed E-state index contributed by atoms with van der Waals surface area (Å²) in [7, 11) is 0. The molecular weight excluding hydrogens is 272 g/mol. The summed E-state index contributed by atoms with van der Waals surface area (Å²) in [6.07, 6.45) is 7.60. The van der Waals surface area contributed by atoms with Gasteiger partial charge in [-0.3, -0.25) is 9.59 Å². The Hall–Kier alpha value is -3.07. The van der Waals surface area contributed by atoms with Crippen LogP contribution in [-0.2, 0) is 9.59 Å². The van der Waals surface area contributed by atoms with Crippen LogP contribution in [0.3, 0.4) is 0 Å². The Bertz CT molecular complexity index is 612. The van der Waals surface area contributed by atoms with Crippen molar-refractivity contribution in [2.45, 2.75) is 12.5 Å². The SMILES string of the molecule is C#CCC(NC(=O)/C=C/c1ccc(C(N)=O)cc1)C(=O)O. The first-order valence-corrected chi connectivity index (χ1v) is 5.98. The molecule has 1 aromatic rings. The molecule has 6 heteroatoms. The number of carboxylic acid groups (broad SMARTS) is 1. The van der Waals surface area contributed by atoms with E-state index in [1.165, 1.54) is 24.3 Å². The lowest BCUT2D eigenvalue weighted by Gasteiger charge is -2.09. The molecule has 0 aliphatic heterocycles. The molecule has 21 heavy (non-hydrogen) atoms. The van der Waals surface area contributed by atoms with Crippen LogP contribution in [0.5, 0.6) is 0 Å². The summed E-state index contributed by atoms with van der Waals surface area (Å²) < 4.78 is 0. The van der Waals surface area contributed by atoms with Crippen LogP contribution >= 0.6 is 0 Å². The van der Waals surface area contributed by atoms with Crippen molar-refractivity contribution in [1.82, 2.24) is 5.32 Å². The minimum absolute atomic E-state index is 0.0950. The number of benzene rings is 1. The van der Waals surface area contributed by atoms with Crippen LogP contribution in [0, 0.1) is 12.3 Å². The van der Waals surface area contributed by atoms with E-state index in [-0.39, 0.29) is 6.42 Å². The molecule has 1 rings (SSSR count). The highest BCUT2D eigenvalue weighted by molar-refractivity contribution is 5.95. The summed E-state index contributed by atoms with van der Waals surface area (Å²) in [5, 5.41) is 11.1. The first-order chi connectivity index (χ1) is 9.93. The summed E-state index contributed by atoms with van der Waals surface area (Å²) in [5.41, 5.74) is 6.13. The zero-order chi connectivity index (χ0) is 15.8. The number of rotatable bonds is 6. The minimum atomic E-state index is -1.19. The number of nitrogens with two attached hydrogens (primary N) is 1. The first kappa shape index (κ1) is 16.0. The first-order valence-electron chi connectivity index (χ1n) is 5.98. The molecule has 4 N–H and O–H groups in total. The topological polar surface area (TPSA) is 109 Å². The standard InChI is InChI=1S/C15H14N2O4/c1-2-3-12(15(20)21)17-13(18)9-6-10-4-7-11(8-5-10)14(16)19/h1,4-9,12H,3H2,(H2,16,19)(H,17,18)(H,20,21)/b9-6+. The fourth-order valence-electron chi connectivity index (χ4n) is 1.47. The Morgan fingerprint density at radius 3 is 2.43 bits per heavy atom. The predicted octanol–water partition coefficient (Wildman–Crippen LogP) is 0.391. The van der Waals surface area contributed by atoms with E-state index in [0.29, 0.717) is 11.1 Å². The molecule has 108 valence electrons. The Kier molecular flexibility index (Phi) is 5.71. The van der Waals surface area contributed by atoms with E-state index in [1.54, 1.807) is 12.1 Å². The van der Waals surface area contributed by atoms with Crippen LogP contribution in [0.15, 0.2) is 30.3 Å². The lowest BCUT2D eigenvalue weighted by molar-refractivity contribution is -0.141. The molecule has 0 heterocycles. The Labute approximate surface area is 121 Å². The summed E-state index contributed by atoms with van der Waals surface area (Å²) in [6, 6.07) is 5.15. The smallest absolute Gasteiger partial charge is 0.327 e. The van der Waals surface area contributed by atoms with E-state index < -0.39 is 23.8 Å². The molecule has 0 aliphatic carbocycles. The summed E-state index contributed by atoms with van der Waals surface area (Å²) in [5.74, 6) is -0.125. The van der Waals surface area contributed by atoms with Gasteiger partial charge in [0.2, 0.25) is 11.8 Å². The van der Waals surface area contributed by atoms with Gasteiger partial charge in [0.1, 0.15) is 6.04 Å². The van der Waals surface area contributed by atoms with E-state index in [9.17, 15) is 14.4 Å². The summed E-state index contributed by atoms with van der Waals surface area (Å²) in [4.78, 5) is 33.3. The lowest BCUT2D eigenvalue weighted by atomic mass is 10.1. The quantitative estimate of drug-likeness (QED) is 0.519. The molecule has 0 saturated carbocycles. The van der Waals surface area contributed by atoms with Gasteiger partial charge in [0.05, 0.1) is 0 Å². The van der Waals surface area contributed by atoms with Crippen molar-refractivity contribution in [3.63, 3.8) is 0 Å². The lowest BCUT2D eigenvalue weighted by Crippen LogP contribution is -2.39. The highest BCUT2D eigenvalue weighted by Crippen LogP contribution is 2.05. The van der Waals surface area contributed by atoms with E-state index >= 15 is 0 Å². The molecule has 0 spiro atoms. The van der Waals surface area contributed by atoms with Gasteiger partial charge in [0.15, 0.2) is 0 Å². The number of carbonyl (C=O) groups excluding carboxylic acids is 2. The van der Waals surface area contributed by atoms with Gasteiger partial charge in [-0.2, -0.15) is 0 Å². The second-order valence-corrected chi connectivity index (χ2v) is 4.13. The van der Waals surface area contributed by atoms with Crippen molar-refractivity contribution in [1.29, 1.82) is 0 Å². The molecule has 0 aromatic heterocycles. The van der Waals surface area contributed by atoms with Crippen LogP contribution in [0.25, 0.3) is 6.08 Å². The second-order valence-electron chi connectivity index (χ2n) is 4.13. The van der Waals surface area contributed by atoms with Gasteiger partial charge in [0.25, 0.3) is 0 Å². The summed E-state index contributed by atoms with van der Waals surface area (Å²) in [6.45, 7) is 0. The average Bonchev–Trinajstić information content (AvgIpc) is 2.45. The number of carbonyl (C=O) groups is 3. The van der Waals surface area contributed by atoms with Crippen molar-refractivity contribution in [3.05, 3.63) is 41.5 Å². The number of terminal acetylenes is 1. The maximum absolute atomic E-state index is 11.6. The van der Waals surface area contributed by atoms with Crippen molar-refractivity contribution >= 4 is 23.9 Å². The molecule has 0 aliphatic rings. The number of nitrogens with one attached hydrogen (secondary N) is 1. The largest absolute Gasteiger partial charge is 0.480 e. The molecule has 0 fully saturated rings. The predicted molar refractivity (Wildman–Crippen MR) is 77.0 cm³/mol. The molecule has 1 aromatic carbocycles. The van der Waals surface area contributed by atoms with Gasteiger partial charge in [0, 0.05) is 18.1 Å². The third-order valence-electron chi connectivity index (χ3n) is 2.56. The number of primary amides is 1. The fourth-order valence-corrected chi connectivity index (χ4v) is 1.47. The fraction of sp³-hybridized carbons (Fsp3) is 0.133. The number of aliphatic carboxylic acids is 1. The average molecular weight is 286 g/mol. The van der Waals surface area contributed by atoms with Crippen LogP contribution in [0.1, 0.15) is 22.3 Å². The third kappa shape index (κ3) is 5.20. The van der Waals surface area contributed by atoms with Crippen molar-refractivity contribution in [3.8, 4) is 12.3 Å². The Morgan fingerprint density at radius 2 is 1.95 bits per heavy atom. The third-order valence-corrected chi connectivity index (χ3v) is 2.56. The summed E-state index contributed by atoms with van der Waals surface area (Å²) >= 11 is 0. The Morgan fingerprint density at radius 1 is 1.33 bits per heavy atom. The van der Waals surface area contributed by atoms with Crippen LogP contribution < -0.4 is 11.1 Å². The second kappa shape index (κ2) is 7.50. The highest BCUT2D eigenvalue weighted by atomic mass is 16.4. The highest BCUT2D eigenvalue weighted by Gasteiger charge is 2.17. The molecule has 6 nitrogen and oxygen atoms in total. The molecule has 1 unspecified atom stereocenters. The monoisotopic (exact) mass is 286 g/mol. The van der Waals surface area contributed by atoms with Gasteiger partial charge in [-0.25, -0.2) is 4.79 Å². The zero-order valence-electron chi connectivity index (χ0n) is 11.1. The number of hydrogen-bond donors (Lipinski definition) is 3. The Balaban J connectivity index is 2.67. The van der Waals surface area contributed by atoms with E-state index in [4.69, 9.17) is 17.3 Å². The van der Waals surface area contributed by atoms with Gasteiger partial charge >= 0.3 is 5.97 Å². The van der Waals surface area contributed by atoms with Crippen molar-refractivity contribution < 1.29 is 19.5 Å². The van der Waals surface area contributed by atoms with Gasteiger partial charge in [-0.05, 0) is 23.8 Å². The maximum atomic E-state index is 11.6. The molecule has 0 bridgehead atoms. The van der Waals surface area contributed by atoms with E-state index in [2.05, 4.69) is 11.2 Å². The van der Waals surface area contributed by atoms with Crippen LogP contribution in [0.2, 0.25) is 0 Å². The molecule has 1 atom stereocenters. The van der Waals surface area contributed by atoms with Crippen molar-refractivity contribution in [2.75, 3.05) is 0 Å². The van der Waals surface area contributed by atoms with Gasteiger partial charge in [-0.15, -0.1) is 12.3 Å². The van der Waals surface area contributed by atoms with Crippen LogP contribution in [-0.4, -0.2) is 28.9 Å². The van der Waals surface area contributed by atoms with E-state index in [0.717, 1.165) is 0 Å². The number of carboxylic acids is 1. The maximum Gasteiger partial charge on any atom is 0.327 e. The van der Waals surface area contributed by atoms with E-state index in [1.807, 2.05) is 0 Å². The minimum Gasteiger partial charge on any atom is -0.480 e. The molecule has 0 radical (unpaired) electrons. The normalized spacial score (nSPS) is 11.6. The van der Waals surface area contributed by atoms with Gasteiger partial charge < -0.3 is 16.2 Å². The molecule has 0 saturated heterocycles. The molecule has 2 amide bonds. The number of hydrogen-bond acceptors (Lipinski definition) is 3. The van der Waals surface area contributed by atoms with Crippen molar-refractivity contribution in [2.24, 2.45) is 5.73 Å².